The zero-order valence-electron chi connectivity index (χ0n) is 6.01. The smallest absolute Gasteiger partial charge is 0.548 e. The van der Waals surface area contributed by atoms with Crippen LogP contribution in [0, 0.1) is 0 Å². The molecule has 0 fully saturated rings. The number of rotatable bonds is 2. The summed E-state index contributed by atoms with van der Waals surface area (Å²) >= 11 is 10.8. The molecule has 0 aromatic rings. The molecule has 0 rings (SSSR count). The molecule has 0 aromatic heterocycles. The number of carbonyl (C=O) groups is 2. The second kappa shape index (κ2) is 11.9. The minimum atomic E-state index is -1.16. The molecule has 0 aliphatic carbocycles. The fourth-order valence-electron chi connectivity index (χ4n) is 0. The van der Waals surface area contributed by atoms with E-state index in [2.05, 4.69) is 63.7 Å². The number of hydrogen-bond donors (Lipinski definition) is 0. The zero-order chi connectivity index (χ0) is 10.3. The van der Waals surface area contributed by atoms with Crippen molar-refractivity contribution in [1.29, 1.82) is 0 Å². The Morgan fingerprint density at radius 1 is 0.846 bits per heavy atom. The fraction of sp³-hybridized carbons (Fsp3) is 0.500. The Morgan fingerprint density at radius 3 is 0.923 bits per heavy atom. The quantitative estimate of drug-likeness (QED) is 0.353. The molecule has 0 aliphatic rings. The predicted octanol–water partition coefficient (Wildman–Crippen LogP) is -0.298. The summed E-state index contributed by atoms with van der Waals surface area (Å²) < 4.78 is -1.44. The van der Waals surface area contributed by atoms with Gasteiger partial charge in [0, 0.05) is 0 Å². The van der Waals surface area contributed by atoms with Gasteiger partial charge in [0.05, 0.1) is 11.9 Å². The molecule has 72 valence electrons. The average molecular weight is 546 g/mol. The summed E-state index contributed by atoms with van der Waals surface area (Å²) in [5, 5.41) is 19.0. The van der Waals surface area contributed by atoms with Gasteiger partial charge in [-0.15, -0.1) is 0 Å². The Bertz CT molecular complexity index is 144. The normalized spacial score (nSPS) is 8.46. The van der Waals surface area contributed by atoms with Gasteiger partial charge in [-0.3, -0.25) is 0 Å². The summed E-state index contributed by atoms with van der Waals surface area (Å²) in [6.45, 7) is 0. The Kier molecular flexibility index (Phi) is 18.4. The van der Waals surface area contributed by atoms with Gasteiger partial charge in [-0.05, 0) is 0 Å². The molecule has 0 N–H and O–H groups in total. The summed E-state index contributed by atoms with van der Waals surface area (Å²) in [6.07, 6.45) is 0. The maximum absolute atomic E-state index is 9.49. The molecular formula is C4H2Br4CdO4. The van der Waals surface area contributed by atoms with E-state index in [0.29, 0.717) is 0 Å². The van der Waals surface area contributed by atoms with Crippen LogP contribution in [0.25, 0.3) is 0 Å². The van der Waals surface area contributed by atoms with Crippen molar-refractivity contribution in [2.45, 2.75) is 7.47 Å². The van der Waals surface area contributed by atoms with Crippen LogP contribution in [0.3, 0.4) is 0 Å². The Morgan fingerprint density at radius 2 is 0.923 bits per heavy atom. The van der Waals surface area contributed by atoms with Crippen LogP contribution in [0.5, 0.6) is 0 Å². The van der Waals surface area contributed by atoms with Crippen molar-refractivity contribution in [3.63, 3.8) is 0 Å². The maximum Gasteiger partial charge on any atom is 2.00 e. The van der Waals surface area contributed by atoms with Crippen molar-refractivity contribution in [3.05, 3.63) is 0 Å². The number of hydrogen-bond acceptors (Lipinski definition) is 4. The molecule has 0 radical (unpaired) electrons. The molecule has 9 heteroatoms. The molecule has 0 spiro atoms. The number of carboxylic acid groups (broad SMARTS) is 2. The van der Waals surface area contributed by atoms with Crippen molar-refractivity contribution in [3.8, 4) is 0 Å². The number of carbonyl (C=O) groups excluding carboxylic acids is 2. The average Bonchev–Trinajstić information content (AvgIpc) is 1.88. The van der Waals surface area contributed by atoms with Crippen LogP contribution < -0.4 is 10.2 Å². The molecule has 0 aliphatic heterocycles. The molecule has 0 unspecified atom stereocenters. The summed E-state index contributed by atoms with van der Waals surface area (Å²) in [5.41, 5.74) is 0. The van der Waals surface area contributed by atoms with Crippen LogP contribution in [0.1, 0.15) is 0 Å². The van der Waals surface area contributed by atoms with E-state index in [-0.39, 0.29) is 27.3 Å². The predicted molar refractivity (Wildman–Crippen MR) is 53.3 cm³/mol. The summed E-state index contributed by atoms with van der Waals surface area (Å²) in [7, 11) is 0. The van der Waals surface area contributed by atoms with Crippen LogP contribution in [-0.2, 0) is 36.9 Å². The second-order valence-corrected chi connectivity index (χ2v) is 7.36. The van der Waals surface area contributed by atoms with Crippen LogP contribution >= 0.6 is 63.7 Å². The van der Waals surface area contributed by atoms with Gasteiger partial charge < -0.3 is 19.8 Å². The van der Waals surface area contributed by atoms with Gasteiger partial charge in [0.2, 0.25) is 0 Å². The largest absolute Gasteiger partial charge is 2.00 e. The minimum Gasteiger partial charge on any atom is -0.548 e. The van der Waals surface area contributed by atoms with Crippen molar-refractivity contribution in [2.24, 2.45) is 0 Å². The standard InChI is InChI=1S/2C2H2Br2O2.Cd/c2*3-1(4)2(5)6;/h2*1H,(H,5,6);/q;;+2/p-2. The fourth-order valence-corrected chi connectivity index (χ4v) is 0. The molecule has 0 bridgehead atoms. The number of carboxylic acids is 2. The van der Waals surface area contributed by atoms with E-state index in [9.17, 15) is 19.8 Å². The third kappa shape index (κ3) is 20.0. The van der Waals surface area contributed by atoms with Crippen LogP contribution in [0.2, 0.25) is 0 Å². The first-order valence-corrected chi connectivity index (χ1v) is 5.93. The van der Waals surface area contributed by atoms with Crippen molar-refractivity contribution in [1.82, 2.24) is 0 Å². The molecule has 0 saturated carbocycles. The zero-order valence-corrected chi connectivity index (χ0v) is 16.4. The van der Waals surface area contributed by atoms with Gasteiger partial charge in [0.15, 0.2) is 0 Å². The van der Waals surface area contributed by atoms with Gasteiger partial charge in [-0.25, -0.2) is 0 Å². The van der Waals surface area contributed by atoms with E-state index in [1.165, 1.54) is 0 Å². The van der Waals surface area contributed by atoms with Gasteiger partial charge in [0.25, 0.3) is 0 Å². The number of halogens is 4. The number of aliphatic carboxylic acids is 2. The van der Waals surface area contributed by atoms with Crippen LogP contribution in [0.4, 0.5) is 0 Å². The summed E-state index contributed by atoms with van der Waals surface area (Å²) in [6, 6.07) is 0. The topological polar surface area (TPSA) is 80.3 Å². The van der Waals surface area contributed by atoms with E-state index in [1.54, 1.807) is 0 Å². The third-order valence-corrected chi connectivity index (χ3v) is 1.85. The summed E-state index contributed by atoms with van der Waals surface area (Å²) in [5.74, 6) is -2.31. The van der Waals surface area contributed by atoms with E-state index >= 15 is 0 Å². The van der Waals surface area contributed by atoms with E-state index in [4.69, 9.17) is 0 Å². The maximum atomic E-state index is 9.49. The molecular weight excluding hydrogens is 544 g/mol. The molecule has 0 heterocycles. The molecule has 0 saturated heterocycles. The van der Waals surface area contributed by atoms with E-state index in [0.717, 1.165) is 0 Å². The van der Waals surface area contributed by atoms with Crippen molar-refractivity contribution >= 4 is 75.7 Å². The van der Waals surface area contributed by atoms with Crippen LogP contribution in [0.15, 0.2) is 0 Å². The number of alkyl halides is 4. The first-order valence-electron chi connectivity index (χ1n) is 2.27. The first-order chi connectivity index (χ1) is 5.29. The SMILES string of the molecule is O=C([O-])C(Br)Br.O=C([O-])C(Br)Br.[Cd+2]. The van der Waals surface area contributed by atoms with Crippen molar-refractivity contribution in [2.75, 3.05) is 0 Å². The molecule has 13 heavy (non-hydrogen) atoms. The van der Waals surface area contributed by atoms with Gasteiger partial charge in [0.1, 0.15) is 7.47 Å². The van der Waals surface area contributed by atoms with E-state index in [1.807, 2.05) is 0 Å². The first kappa shape index (κ1) is 20.2. The Balaban J connectivity index is -0.000000143. The van der Waals surface area contributed by atoms with Gasteiger partial charge in [-0.1, -0.05) is 63.7 Å². The van der Waals surface area contributed by atoms with Crippen molar-refractivity contribution < 1.29 is 47.1 Å². The summed E-state index contributed by atoms with van der Waals surface area (Å²) in [4.78, 5) is 19.0. The molecule has 0 amide bonds. The Labute approximate surface area is 129 Å². The van der Waals surface area contributed by atoms with Gasteiger partial charge >= 0.3 is 27.3 Å². The monoisotopic (exact) mass is 544 g/mol. The van der Waals surface area contributed by atoms with Gasteiger partial charge in [-0.2, -0.15) is 0 Å². The Hall–Kier alpha value is 1.78. The second-order valence-electron chi connectivity index (χ2n) is 1.24. The molecule has 0 aromatic carbocycles. The van der Waals surface area contributed by atoms with Crippen LogP contribution in [-0.4, -0.2) is 19.4 Å². The molecule has 4 nitrogen and oxygen atoms in total. The third-order valence-electron chi connectivity index (χ3n) is 0.356. The van der Waals surface area contributed by atoms with E-state index < -0.39 is 19.4 Å². The minimum absolute atomic E-state index is 0. The molecule has 0 atom stereocenters.